The van der Waals surface area contributed by atoms with E-state index < -0.39 is 0 Å². The van der Waals surface area contributed by atoms with Crippen molar-refractivity contribution in [3.05, 3.63) is 24.4 Å². The number of pyridine rings is 1. The van der Waals surface area contributed by atoms with Gasteiger partial charge in [0.15, 0.2) is 10.8 Å². The lowest BCUT2D eigenvalue weighted by Gasteiger charge is -2.06. The molecule has 2 rings (SSSR count). The number of hydrogen-bond acceptors (Lipinski definition) is 4. The van der Waals surface area contributed by atoms with Crippen LogP contribution in [0.1, 0.15) is 6.92 Å². The second kappa shape index (κ2) is 3.90. The number of nitrogens with one attached hydrogen (secondary N) is 1. The molecule has 2 aromatic heterocycles. The minimum absolute atomic E-state index is 0.0855. The third kappa shape index (κ3) is 1.94. The van der Waals surface area contributed by atoms with E-state index in [9.17, 15) is 0 Å². The number of hydrogen-bond donors (Lipinski definition) is 2. The number of aromatic nitrogens is 3. The summed E-state index contributed by atoms with van der Waals surface area (Å²) >= 11 is 1.43. The Morgan fingerprint density at radius 2 is 2.33 bits per heavy atom. The highest BCUT2D eigenvalue weighted by atomic mass is 32.2. The van der Waals surface area contributed by atoms with Gasteiger partial charge in [0.1, 0.15) is 5.84 Å². The molecular formula is C9H11N5S. The zero-order valence-corrected chi connectivity index (χ0v) is 9.03. The number of amidine groups is 1. The fourth-order valence-corrected chi connectivity index (χ4v) is 1.92. The molecule has 2 aromatic rings. The van der Waals surface area contributed by atoms with Gasteiger partial charge in [-0.05, 0) is 19.1 Å². The molecule has 0 aliphatic carbocycles. The van der Waals surface area contributed by atoms with Crippen LogP contribution in [-0.2, 0) is 0 Å². The third-order valence-electron chi connectivity index (χ3n) is 2.00. The molecule has 78 valence electrons. The van der Waals surface area contributed by atoms with E-state index in [1.54, 1.807) is 0 Å². The zero-order chi connectivity index (χ0) is 10.8. The Kier molecular flexibility index (Phi) is 2.59. The first kappa shape index (κ1) is 9.97. The van der Waals surface area contributed by atoms with Crippen molar-refractivity contribution in [3.63, 3.8) is 0 Å². The topological polar surface area (TPSA) is 80.1 Å². The fraction of sp³-hybridized carbons (Fsp3) is 0.222. The third-order valence-corrected chi connectivity index (χ3v) is 3.10. The summed E-state index contributed by atoms with van der Waals surface area (Å²) in [6.07, 6.45) is 1.89. The molecule has 0 amide bonds. The van der Waals surface area contributed by atoms with E-state index in [-0.39, 0.29) is 11.1 Å². The lowest BCUT2D eigenvalue weighted by atomic mass is 10.4. The van der Waals surface area contributed by atoms with Crippen LogP contribution in [0.5, 0.6) is 0 Å². The molecule has 1 unspecified atom stereocenters. The molecule has 0 spiro atoms. The smallest absolute Gasteiger partial charge is 0.196 e. The summed E-state index contributed by atoms with van der Waals surface area (Å²) in [5.74, 6) is 0.146. The molecule has 2 heterocycles. The molecule has 5 nitrogen and oxygen atoms in total. The molecule has 0 aliphatic heterocycles. The molecule has 0 saturated carbocycles. The maximum Gasteiger partial charge on any atom is 0.196 e. The summed E-state index contributed by atoms with van der Waals surface area (Å²) in [5.41, 5.74) is 6.20. The number of thioether (sulfide) groups is 1. The minimum atomic E-state index is -0.0855. The van der Waals surface area contributed by atoms with E-state index in [4.69, 9.17) is 11.1 Å². The van der Waals surface area contributed by atoms with Crippen LogP contribution >= 0.6 is 11.8 Å². The second-order valence-electron chi connectivity index (χ2n) is 3.13. The van der Waals surface area contributed by atoms with Gasteiger partial charge >= 0.3 is 0 Å². The molecule has 0 radical (unpaired) electrons. The maximum absolute atomic E-state index is 7.31. The number of nitrogens with zero attached hydrogens (tertiary/aromatic N) is 3. The number of rotatable bonds is 3. The van der Waals surface area contributed by atoms with Gasteiger partial charge in [-0.3, -0.25) is 9.81 Å². The van der Waals surface area contributed by atoms with Gasteiger partial charge in [0.25, 0.3) is 0 Å². The summed E-state index contributed by atoms with van der Waals surface area (Å²) in [6.45, 7) is 1.87. The summed E-state index contributed by atoms with van der Waals surface area (Å²) < 4.78 is 1.88. The molecule has 0 aliphatic rings. The van der Waals surface area contributed by atoms with Crippen molar-refractivity contribution < 1.29 is 0 Å². The normalized spacial score (nSPS) is 12.9. The molecule has 15 heavy (non-hydrogen) atoms. The summed E-state index contributed by atoms with van der Waals surface area (Å²) in [6, 6.07) is 5.71. The Morgan fingerprint density at radius 1 is 1.53 bits per heavy atom. The van der Waals surface area contributed by atoms with Gasteiger partial charge < -0.3 is 5.73 Å². The molecule has 1 atom stereocenters. The van der Waals surface area contributed by atoms with Crippen LogP contribution in [0.15, 0.2) is 29.6 Å². The van der Waals surface area contributed by atoms with Crippen LogP contribution in [0.25, 0.3) is 5.65 Å². The Balaban J connectivity index is 2.32. The summed E-state index contributed by atoms with van der Waals surface area (Å²) in [5, 5.41) is 16.0. The predicted molar refractivity (Wildman–Crippen MR) is 60.2 cm³/mol. The lowest BCUT2D eigenvalue weighted by Crippen LogP contribution is -2.21. The van der Waals surface area contributed by atoms with Crippen molar-refractivity contribution >= 4 is 23.2 Å². The average Bonchev–Trinajstić information content (AvgIpc) is 2.62. The number of nitrogens with two attached hydrogens (primary N) is 1. The average molecular weight is 221 g/mol. The zero-order valence-electron chi connectivity index (χ0n) is 8.21. The van der Waals surface area contributed by atoms with Crippen molar-refractivity contribution in [2.75, 3.05) is 0 Å². The molecule has 0 fully saturated rings. The van der Waals surface area contributed by atoms with Crippen molar-refractivity contribution in [1.82, 2.24) is 14.6 Å². The number of fused-ring (bicyclic) bond motifs is 1. The standard InChI is InChI=1S/C9H11N5S/c1-6(8(10)11)15-9-13-12-7-4-2-3-5-14(7)9/h2-6H,1H3,(H3,10,11). The van der Waals surface area contributed by atoms with Crippen LogP contribution in [0, 0.1) is 5.41 Å². The molecule has 6 heteroatoms. The Morgan fingerprint density at radius 3 is 3.07 bits per heavy atom. The summed E-state index contributed by atoms with van der Waals surface area (Å²) in [4.78, 5) is 0. The van der Waals surface area contributed by atoms with Gasteiger partial charge in [0, 0.05) is 6.20 Å². The van der Waals surface area contributed by atoms with Crippen molar-refractivity contribution in [1.29, 1.82) is 5.41 Å². The van der Waals surface area contributed by atoms with Crippen LogP contribution in [-0.4, -0.2) is 25.7 Å². The highest BCUT2D eigenvalue weighted by Crippen LogP contribution is 2.21. The molecule has 0 saturated heterocycles. The first-order valence-electron chi connectivity index (χ1n) is 4.49. The van der Waals surface area contributed by atoms with Crippen LogP contribution in [0.3, 0.4) is 0 Å². The van der Waals surface area contributed by atoms with E-state index in [0.717, 1.165) is 10.8 Å². The van der Waals surface area contributed by atoms with E-state index >= 15 is 0 Å². The largest absolute Gasteiger partial charge is 0.387 e. The minimum Gasteiger partial charge on any atom is -0.387 e. The SMILES string of the molecule is CC(Sc1nnc2ccccn12)C(=N)N. The van der Waals surface area contributed by atoms with Gasteiger partial charge in [0.2, 0.25) is 0 Å². The monoisotopic (exact) mass is 221 g/mol. The van der Waals surface area contributed by atoms with Gasteiger partial charge in [0.05, 0.1) is 5.25 Å². The van der Waals surface area contributed by atoms with Gasteiger partial charge in [-0.2, -0.15) is 0 Å². The highest BCUT2D eigenvalue weighted by Gasteiger charge is 2.12. The predicted octanol–water partition coefficient (Wildman–Crippen LogP) is 1.15. The molecule has 0 aromatic carbocycles. The maximum atomic E-state index is 7.31. The molecular weight excluding hydrogens is 210 g/mol. The Bertz CT molecular complexity index is 492. The first-order valence-corrected chi connectivity index (χ1v) is 5.37. The van der Waals surface area contributed by atoms with Gasteiger partial charge in [-0.1, -0.05) is 17.8 Å². The van der Waals surface area contributed by atoms with Gasteiger partial charge in [-0.25, -0.2) is 0 Å². The Labute approximate surface area is 91.2 Å². The highest BCUT2D eigenvalue weighted by molar-refractivity contribution is 8.00. The van der Waals surface area contributed by atoms with E-state index in [0.29, 0.717) is 0 Å². The summed E-state index contributed by atoms with van der Waals surface area (Å²) in [7, 11) is 0. The van der Waals surface area contributed by atoms with Crippen LogP contribution in [0.4, 0.5) is 0 Å². The van der Waals surface area contributed by atoms with E-state index in [2.05, 4.69) is 10.2 Å². The molecule has 3 N–H and O–H groups in total. The van der Waals surface area contributed by atoms with E-state index in [1.807, 2.05) is 35.7 Å². The quantitative estimate of drug-likeness (QED) is 0.463. The van der Waals surface area contributed by atoms with Crippen LogP contribution in [0.2, 0.25) is 0 Å². The van der Waals surface area contributed by atoms with Crippen molar-refractivity contribution in [2.24, 2.45) is 5.73 Å². The lowest BCUT2D eigenvalue weighted by molar-refractivity contribution is 0.918. The second-order valence-corrected chi connectivity index (χ2v) is 4.43. The van der Waals surface area contributed by atoms with Crippen molar-refractivity contribution in [3.8, 4) is 0 Å². The Hall–Kier alpha value is -1.56. The van der Waals surface area contributed by atoms with Gasteiger partial charge in [-0.15, -0.1) is 10.2 Å². The van der Waals surface area contributed by atoms with E-state index in [1.165, 1.54) is 11.8 Å². The fourth-order valence-electron chi connectivity index (χ4n) is 1.12. The molecule has 0 bridgehead atoms. The first-order chi connectivity index (χ1) is 7.18. The van der Waals surface area contributed by atoms with Crippen molar-refractivity contribution in [2.45, 2.75) is 17.3 Å². The van der Waals surface area contributed by atoms with Crippen LogP contribution < -0.4 is 5.73 Å².